The standard InChI is InChI=1S/C31H35F2N5O5S/c1-20-24(21-8-9-25-26(16-21)43-15-14-42-25)18-35-29(38-12-5-10-31(32,33)11-13-38)28(20)30(40)36-22-6-4-7-23(17-22)44(3,41)37-27(39)19-34-2/h4,6-9,16-18,34H,5,10-15,19H2,1-3H3,(H,36,40). The van der Waals surface area contributed by atoms with Crippen molar-refractivity contribution in [2.45, 2.75) is 37.0 Å². The number of likely N-dealkylation sites (N-methyl/N-ethyl adjacent to an activating group) is 1. The first-order valence-corrected chi connectivity index (χ1v) is 16.2. The zero-order valence-corrected chi connectivity index (χ0v) is 25.6. The number of benzene rings is 2. The first kappa shape index (κ1) is 31.3. The molecule has 2 aliphatic heterocycles. The number of aromatic nitrogens is 1. The van der Waals surface area contributed by atoms with Crippen molar-refractivity contribution in [1.82, 2.24) is 10.3 Å². The Balaban J connectivity index is 1.54. The molecule has 0 saturated carbocycles. The number of nitrogens with one attached hydrogen (secondary N) is 2. The lowest BCUT2D eigenvalue weighted by Gasteiger charge is -2.26. The van der Waals surface area contributed by atoms with E-state index >= 15 is 0 Å². The number of carbonyl (C=O) groups excluding carboxylic acids is 2. The van der Waals surface area contributed by atoms with E-state index in [9.17, 15) is 22.6 Å². The van der Waals surface area contributed by atoms with Gasteiger partial charge in [-0.25, -0.2) is 18.0 Å². The SMILES string of the molecule is CNCC(=O)N=S(C)(=O)c1cccc(NC(=O)c2c(N3CCCC(F)(F)CC3)ncc(-c3ccc4c(c3)OCCO4)c2C)c1. The molecule has 0 bridgehead atoms. The van der Waals surface area contributed by atoms with E-state index in [0.717, 1.165) is 5.56 Å². The number of ether oxygens (including phenoxy) is 2. The van der Waals surface area contributed by atoms with Crippen molar-refractivity contribution >= 4 is 33.0 Å². The van der Waals surface area contributed by atoms with E-state index in [1.54, 1.807) is 49.3 Å². The van der Waals surface area contributed by atoms with E-state index in [-0.39, 0.29) is 42.8 Å². The number of anilines is 2. The van der Waals surface area contributed by atoms with Gasteiger partial charge in [0.05, 0.1) is 21.8 Å². The highest BCUT2D eigenvalue weighted by Gasteiger charge is 2.34. The summed E-state index contributed by atoms with van der Waals surface area (Å²) in [5, 5.41) is 5.55. The van der Waals surface area contributed by atoms with Gasteiger partial charge in [0, 0.05) is 54.5 Å². The minimum absolute atomic E-state index is 0.0403. The second-order valence-corrected chi connectivity index (χ2v) is 13.1. The maximum absolute atomic E-state index is 14.3. The molecule has 3 heterocycles. The van der Waals surface area contributed by atoms with Gasteiger partial charge in [0.2, 0.25) is 5.92 Å². The second-order valence-electron chi connectivity index (χ2n) is 10.9. The third-order valence-electron chi connectivity index (χ3n) is 7.55. The minimum atomic E-state index is -3.08. The normalized spacial score (nSPS) is 17.2. The average molecular weight is 628 g/mol. The molecule has 2 aliphatic rings. The van der Waals surface area contributed by atoms with Crippen LogP contribution in [0, 0.1) is 6.92 Å². The molecule has 234 valence electrons. The number of alkyl halides is 2. The van der Waals surface area contributed by atoms with Gasteiger partial charge in [-0.15, -0.1) is 0 Å². The van der Waals surface area contributed by atoms with E-state index in [1.165, 1.54) is 12.3 Å². The number of hydrogen-bond donors (Lipinski definition) is 2. The Hall–Kier alpha value is -4.10. The Morgan fingerprint density at radius 3 is 2.64 bits per heavy atom. The number of pyridine rings is 1. The van der Waals surface area contributed by atoms with Gasteiger partial charge in [-0.1, -0.05) is 12.1 Å². The number of nitrogens with zero attached hydrogens (tertiary/aromatic N) is 3. The van der Waals surface area contributed by atoms with Crippen LogP contribution in [0.1, 0.15) is 35.2 Å². The summed E-state index contributed by atoms with van der Waals surface area (Å²) in [6, 6.07) is 11.8. The first-order valence-electron chi connectivity index (χ1n) is 14.3. The molecule has 1 atom stereocenters. The van der Waals surface area contributed by atoms with Crippen LogP contribution in [0.3, 0.4) is 0 Å². The molecule has 5 rings (SSSR count). The molecular weight excluding hydrogens is 592 g/mol. The quantitative estimate of drug-likeness (QED) is 0.379. The third kappa shape index (κ3) is 6.99. The van der Waals surface area contributed by atoms with E-state index < -0.39 is 27.5 Å². The minimum Gasteiger partial charge on any atom is -0.486 e. The Morgan fingerprint density at radius 2 is 1.86 bits per heavy atom. The van der Waals surface area contributed by atoms with Gasteiger partial charge in [0.15, 0.2) is 11.5 Å². The van der Waals surface area contributed by atoms with Crippen LogP contribution in [-0.4, -0.2) is 73.1 Å². The number of amides is 2. The lowest BCUT2D eigenvalue weighted by atomic mass is 9.97. The van der Waals surface area contributed by atoms with Crippen molar-refractivity contribution in [1.29, 1.82) is 0 Å². The maximum Gasteiger partial charge on any atom is 0.267 e. The van der Waals surface area contributed by atoms with Crippen LogP contribution in [0.15, 0.2) is 57.9 Å². The van der Waals surface area contributed by atoms with Crippen molar-refractivity contribution in [2.75, 3.05) is 56.4 Å². The molecule has 2 amide bonds. The summed E-state index contributed by atoms with van der Waals surface area (Å²) in [4.78, 5) is 32.7. The van der Waals surface area contributed by atoms with Crippen LogP contribution < -0.4 is 25.0 Å². The van der Waals surface area contributed by atoms with Crippen LogP contribution in [0.2, 0.25) is 0 Å². The summed E-state index contributed by atoms with van der Waals surface area (Å²) in [5.74, 6) is -2.34. The summed E-state index contributed by atoms with van der Waals surface area (Å²) in [6.45, 7) is 2.97. The number of rotatable bonds is 7. The van der Waals surface area contributed by atoms with Crippen LogP contribution in [0.4, 0.5) is 20.3 Å². The summed E-state index contributed by atoms with van der Waals surface area (Å²) >= 11 is 0. The summed E-state index contributed by atoms with van der Waals surface area (Å²) in [6.07, 6.45) is 2.68. The van der Waals surface area contributed by atoms with Crippen molar-refractivity contribution < 1.29 is 32.1 Å². The molecule has 1 aromatic heterocycles. The van der Waals surface area contributed by atoms with E-state index in [2.05, 4.69) is 20.0 Å². The molecule has 13 heteroatoms. The zero-order chi connectivity index (χ0) is 31.5. The monoisotopic (exact) mass is 627 g/mol. The van der Waals surface area contributed by atoms with E-state index in [0.29, 0.717) is 53.9 Å². The van der Waals surface area contributed by atoms with Gasteiger partial charge in [0.1, 0.15) is 19.0 Å². The highest BCUT2D eigenvalue weighted by molar-refractivity contribution is 7.93. The number of hydrogen-bond acceptors (Lipinski definition) is 8. The highest BCUT2D eigenvalue weighted by Crippen LogP contribution is 2.38. The second kappa shape index (κ2) is 12.9. The van der Waals surface area contributed by atoms with Crippen LogP contribution in [0.5, 0.6) is 11.5 Å². The van der Waals surface area contributed by atoms with E-state index in [4.69, 9.17) is 9.47 Å². The summed E-state index contributed by atoms with van der Waals surface area (Å²) < 4.78 is 57.0. The largest absolute Gasteiger partial charge is 0.486 e. The van der Waals surface area contributed by atoms with Crippen LogP contribution >= 0.6 is 0 Å². The fraction of sp³-hybridized carbons (Fsp3) is 0.387. The van der Waals surface area contributed by atoms with Crippen molar-refractivity contribution in [2.24, 2.45) is 4.36 Å². The molecule has 0 radical (unpaired) electrons. The fourth-order valence-corrected chi connectivity index (χ4v) is 6.55. The Kier molecular flexibility index (Phi) is 9.16. The molecule has 3 aromatic rings. The molecule has 44 heavy (non-hydrogen) atoms. The maximum atomic E-state index is 14.3. The number of halogens is 2. The average Bonchev–Trinajstić information content (AvgIpc) is 3.16. The number of fused-ring (bicyclic) bond motifs is 1. The van der Waals surface area contributed by atoms with Gasteiger partial charge in [0.25, 0.3) is 11.8 Å². The van der Waals surface area contributed by atoms with Gasteiger partial charge in [-0.05, 0) is 61.9 Å². The van der Waals surface area contributed by atoms with Crippen LogP contribution in [0.25, 0.3) is 11.1 Å². The summed E-state index contributed by atoms with van der Waals surface area (Å²) in [7, 11) is -1.49. The molecule has 1 saturated heterocycles. The highest BCUT2D eigenvalue weighted by atomic mass is 32.2. The van der Waals surface area contributed by atoms with E-state index in [1.807, 2.05) is 12.1 Å². The number of carbonyl (C=O) groups is 2. The molecule has 2 aromatic carbocycles. The smallest absolute Gasteiger partial charge is 0.267 e. The molecular formula is C31H35F2N5O5S. The van der Waals surface area contributed by atoms with Gasteiger partial charge < -0.3 is 25.0 Å². The van der Waals surface area contributed by atoms with Gasteiger partial charge >= 0.3 is 0 Å². The van der Waals surface area contributed by atoms with Crippen molar-refractivity contribution in [3.8, 4) is 22.6 Å². The van der Waals surface area contributed by atoms with Gasteiger partial charge in [-0.2, -0.15) is 4.36 Å². The van der Waals surface area contributed by atoms with Crippen molar-refractivity contribution in [3.05, 3.63) is 59.8 Å². The predicted molar refractivity (Wildman–Crippen MR) is 165 cm³/mol. The predicted octanol–water partition coefficient (Wildman–Crippen LogP) is 4.91. The Morgan fingerprint density at radius 1 is 1.09 bits per heavy atom. The molecule has 1 unspecified atom stereocenters. The van der Waals surface area contributed by atoms with Crippen molar-refractivity contribution in [3.63, 3.8) is 0 Å². The lowest BCUT2D eigenvalue weighted by molar-refractivity contribution is -0.116. The summed E-state index contributed by atoms with van der Waals surface area (Å²) in [5.41, 5.74) is 2.59. The zero-order valence-electron chi connectivity index (χ0n) is 24.8. The Labute approximate surface area is 255 Å². The Bertz CT molecular complexity index is 1710. The topological polar surface area (TPSA) is 122 Å². The first-order chi connectivity index (χ1) is 21.0. The molecule has 0 aliphatic carbocycles. The third-order valence-corrected chi connectivity index (χ3v) is 9.23. The molecule has 1 fully saturated rings. The molecule has 2 N–H and O–H groups in total. The van der Waals surface area contributed by atoms with Gasteiger partial charge in [-0.3, -0.25) is 9.59 Å². The molecule has 0 spiro atoms. The van der Waals surface area contributed by atoms with Crippen LogP contribution in [-0.2, 0) is 14.5 Å². The fourth-order valence-electron chi connectivity index (χ4n) is 5.31. The molecule has 10 nitrogen and oxygen atoms in total. The lowest BCUT2D eigenvalue weighted by Crippen LogP contribution is -2.30.